The van der Waals surface area contributed by atoms with Gasteiger partial charge in [-0.2, -0.15) is 0 Å². The van der Waals surface area contributed by atoms with Crippen LogP contribution in [-0.2, 0) is 23.9 Å². The van der Waals surface area contributed by atoms with Crippen molar-refractivity contribution in [3.63, 3.8) is 0 Å². The van der Waals surface area contributed by atoms with E-state index in [9.17, 15) is 19.5 Å². The number of aliphatic hydroxyl groups excluding tert-OH is 1. The van der Waals surface area contributed by atoms with Crippen LogP contribution in [0.25, 0.3) is 0 Å². The first kappa shape index (κ1) is 26.4. The van der Waals surface area contributed by atoms with E-state index in [2.05, 4.69) is 21.2 Å². The summed E-state index contributed by atoms with van der Waals surface area (Å²) in [6.07, 6.45) is 0.283. The number of anilines is 1. The van der Waals surface area contributed by atoms with Gasteiger partial charge in [0.1, 0.15) is 11.6 Å². The highest BCUT2D eigenvalue weighted by Gasteiger charge is 2.77. The Bertz CT molecular complexity index is 1000. The number of para-hydroxylation sites is 1. The zero-order valence-corrected chi connectivity index (χ0v) is 22.6. The highest BCUT2D eigenvalue weighted by molar-refractivity contribution is 9.09. The van der Waals surface area contributed by atoms with Crippen molar-refractivity contribution in [3.8, 4) is 0 Å². The van der Waals surface area contributed by atoms with Gasteiger partial charge in [-0.15, -0.1) is 0 Å². The number of aryl methyl sites for hydroxylation is 1. The Balaban J connectivity index is 1.80. The maximum absolute atomic E-state index is 14.0. The molecule has 7 atom stereocenters. The summed E-state index contributed by atoms with van der Waals surface area (Å²) in [6, 6.07) is 3.65. The number of likely N-dealkylation sites (tertiary alicyclic amines) is 1. The first-order chi connectivity index (χ1) is 16.6. The van der Waals surface area contributed by atoms with Gasteiger partial charge in [-0.3, -0.25) is 14.4 Å². The summed E-state index contributed by atoms with van der Waals surface area (Å²) in [5.41, 5.74) is 0.00791. The van der Waals surface area contributed by atoms with Crippen LogP contribution in [0.4, 0.5) is 5.69 Å². The van der Waals surface area contributed by atoms with Gasteiger partial charge in [0, 0.05) is 4.83 Å². The number of esters is 1. The number of amides is 2. The summed E-state index contributed by atoms with van der Waals surface area (Å²) in [7, 11) is 0. The monoisotopic (exact) mass is 570 g/mol. The zero-order chi connectivity index (χ0) is 25.7. The van der Waals surface area contributed by atoms with Gasteiger partial charge < -0.3 is 24.8 Å². The van der Waals surface area contributed by atoms with Crippen LogP contribution in [0.15, 0.2) is 18.2 Å². The molecule has 192 valence electrons. The Kier molecular flexibility index (Phi) is 7.53. The molecule has 3 fully saturated rings. The fourth-order valence-electron chi connectivity index (χ4n) is 6.07. The number of nitrogens with one attached hydrogen (secondary N) is 1. The Hall–Kier alpha value is -1.68. The van der Waals surface area contributed by atoms with Crippen LogP contribution in [0.5, 0.6) is 0 Å². The fraction of sp³-hybridized carbons (Fsp3) is 0.640. The molecule has 1 spiro atoms. The van der Waals surface area contributed by atoms with Gasteiger partial charge in [-0.25, -0.2) is 0 Å². The van der Waals surface area contributed by atoms with Gasteiger partial charge in [0.25, 0.3) is 0 Å². The van der Waals surface area contributed by atoms with Crippen molar-refractivity contribution in [1.29, 1.82) is 0 Å². The predicted molar refractivity (Wildman–Crippen MR) is 134 cm³/mol. The molecule has 4 rings (SSSR count). The van der Waals surface area contributed by atoms with E-state index in [4.69, 9.17) is 21.1 Å². The number of alkyl halides is 1. The molecule has 0 radical (unpaired) electrons. The lowest BCUT2D eigenvalue weighted by atomic mass is 9.70. The molecule has 3 saturated heterocycles. The van der Waals surface area contributed by atoms with E-state index in [1.807, 2.05) is 26.8 Å². The minimum atomic E-state index is -1.23. The summed E-state index contributed by atoms with van der Waals surface area (Å²) in [4.78, 5) is 42.2. The van der Waals surface area contributed by atoms with Crippen molar-refractivity contribution in [1.82, 2.24) is 4.90 Å². The molecular formula is C25H32BrClN2O6. The molecule has 3 aliphatic rings. The summed E-state index contributed by atoms with van der Waals surface area (Å²) in [5, 5.41) is 13.6. The molecule has 1 aromatic rings. The molecule has 1 unspecified atom stereocenters. The van der Waals surface area contributed by atoms with Crippen molar-refractivity contribution >= 4 is 51.0 Å². The van der Waals surface area contributed by atoms with Crippen LogP contribution >= 0.6 is 27.5 Å². The lowest BCUT2D eigenvalue weighted by Crippen LogP contribution is -2.56. The number of nitrogens with zero attached hydrogens (tertiary/aromatic N) is 1. The van der Waals surface area contributed by atoms with E-state index in [1.54, 1.807) is 19.1 Å². The highest BCUT2D eigenvalue weighted by atomic mass is 79.9. The van der Waals surface area contributed by atoms with Crippen molar-refractivity contribution in [3.05, 3.63) is 28.8 Å². The van der Waals surface area contributed by atoms with Crippen LogP contribution < -0.4 is 5.32 Å². The second-order valence-corrected chi connectivity index (χ2v) is 11.6. The van der Waals surface area contributed by atoms with Crippen molar-refractivity contribution in [2.45, 2.75) is 69.2 Å². The van der Waals surface area contributed by atoms with Crippen LogP contribution in [0.3, 0.4) is 0 Å². The predicted octanol–water partition coefficient (Wildman–Crippen LogP) is 3.31. The molecule has 0 saturated carbocycles. The first-order valence-corrected chi connectivity index (χ1v) is 13.3. The number of carbonyl (C=O) groups is 3. The molecule has 1 aromatic carbocycles. The van der Waals surface area contributed by atoms with Crippen molar-refractivity contribution < 1.29 is 29.0 Å². The van der Waals surface area contributed by atoms with Crippen LogP contribution in [-0.4, -0.2) is 69.6 Å². The summed E-state index contributed by atoms with van der Waals surface area (Å²) in [5.74, 6) is -2.86. The third kappa shape index (κ3) is 4.28. The summed E-state index contributed by atoms with van der Waals surface area (Å²) < 4.78 is 11.7. The average Bonchev–Trinajstić information content (AvgIpc) is 3.38. The molecular weight excluding hydrogens is 540 g/mol. The Morgan fingerprint density at radius 1 is 1.40 bits per heavy atom. The minimum absolute atomic E-state index is 0.162. The number of aliphatic hydroxyl groups is 1. The standard InChI is InChI=1S/C25H32BrClN2O6/c1-5-34-24(33)17-18-23(32)29(14(11-30)9-12(2)3)21(25(18)10-15(26)20(17)35-25)22(31)28-19-13(4)7-6-8-16(19)27/h6-8,12,14-15,17-18,20-21,30H,5,9-11H2,1-4H3,(H,28,31)/t14-,15?,17-,18+,20-,21-,25+/m1/s1. The molecule has 2 amide bonds. The van der Waals surface area contributed by atoms with Gasteiger partial charge in [-0.05, 0) is 44.2 Å². The largest absolute Gasteiger partial charge is 0.466 e. The molecule has 0 aromatic heterocycles. The molecule has 3 aliphatic heterocycles. The Morgan fingerprint density at radius 3 is 2.71 bits per heavy atom. The van der Waals surface area contributed by atoms with E-state index in [0.29, 0.717) is 23.6 Å². The maximum atomic E-state index is 14.0. The zero-order valence-electron chi connectivity index (χ0n) is 20.3. The lowest BCUT2D eigenvalue weighted by molar-refractivity contribution is -0.155. The maximum Gasteiger partial charge on any atom is 0.312 e. The lowest BCUT2D eigenvalue weighted by Gasteiger charge is -2.37. The number of hydrogen-bond acceptors (Lipinski definition) is 6. The summed E-state index contributed by atoms with van der Waals surface area (Å²) in [6.45, 7) is 7.38. The number of carbonyl (C=O) groups excluding carboxylic acids is 3. The molecule has 2 N–H and O–H groups in total. The number of rotatable bonds is 8. The average molecular weight is 572 g/mol. The Labute approximate surface area is 218 Å². The van der Waals surface area contributed by atoms with Gasteiger partial charge in [0.15, 0.2) is 0 Å². The third-order valence-corrected chi connectivity index (χ3v) is 8.51. The van der Waals surface area contributed by atoms with Crippen LogP contribution in [0.1, 0.15) is 39.2 Å². The fourth-order valence-corrected chi connectivity index (χ4v) is 7.28. The number of hydrogen-bond donors (Lipinski definition) is 2. The molecule has 2 bridgehead atoms. The smallest absolute Gasteiger partial charge is 0.312 e. The Morgan fingerprint density at radius 2 is 2.11 bits per heavy atom. The number of ether oxygens (including phenoxy) is 2. The highest BCUT2D eigenvalue weighted by Crippen LogP contribution is 2.60. The molecule has 8 nitrogen and oxygen atoms in total. The van der Waals surface area contributed by atoms with E-state index >= 15 is 0 Å². The van der Waals surface area contributed by atoms with Crippen molar-refractivity contribution in [2.75, 3.05) is 18.5 Å². The van der Waals surface area contributed by atoms with Gasteiger partial charge in [0.05, 0.1) is 47.9 Å². The second-order valence-electron chi connectivity index (χ2n) is 10.0. The topological polar surface area (TPSA) is 105 Å². The first-order valence-electron chi connectivity index (χ1n) is 12.0. The number of benzene rings is 1. The normalized spacial score (nSPS) is 32.2. The van der Waals surface area contributed by atoms with Gasteiger partial charge in [-0.1, -0.05) is 53.5 Å². The van der Waals surface area contributed by atoms with Gasteiger partial charge in [0.2, 0.25) is 11.8 Å². The van der Waals surface area contributed by atoms with Crippen LogP contribution in [0.2, 0.25) is 5.02 Å². The summed E-state index contributed by atoms with van der Waals surface area (Å²) >= 11 is 10.0. The minimum Gasteiger partial charge on any atom is -0.466 e. The van der Waals surface area contributed by atoms with E-state index in [0.717, 1.165) is 5.56 Å². The van der Waals surface area contributed by atoms with Crippen molar-refractivity contribution in [2.24, 2.45) is 17.8 Å². The SMILES string of the molecule is CCOC(=O)[C@H]1[C@@H]2O[C@@]3(CC2Br)[C@@H]1C(=O)N([C@@H](CO)CC(C)C)[C@@H]3C(=O)Nc1c(C)cccc1Cl. The quantitative estimate of drug-likeness (QED) is 0.367. The number of halogens is 2. The van der Waals surface area contributed by atoms with E-state index in [-0.39, 0.29) is 29.9 Å². The molecule has 3 heterocycles. The second kappa shape index (κ2) is 10.00. The van der Waals surface area contributed by atoms with Crippen LogP contribution in [0, 0.1) is 24.7 Å². The molecule has 10 heteroatoms. The van der Waals surface area contributed by atoms with E-state index in [1.165, 1.54) is 4.90 Å². The molecule has 35 heavy (non-hydrogen) atoms. The van der Waals surface area contributed by atoms with Gasteiger partial charge >= 0.3 is 5.97 Å². The molecule has 0 aliphatic carbocycles. The third-order valence-electron chi connectivity index (χ3n) is 7.35. The van der Waals surface area contributed by atoms with E-state index < -0.39 is 47.5 Å². The number of fused-ring (bicyclic) bond motifs is 1.